The largest absolute Gasteiger partial charge is 0.467 e. The highest BCUT2D eigenvalue weighted by atomic mass is 35.5. The summed E-state index contributed by atoms with van der Waals surface area (Å²) in [4.78, 5) is 34.7. The van der Waals surface area contributed by atoms with Gasteiger partial charge in [-0.05, 0) is 17.5 Å². The SMILES string of the molecule is CC[C@H](C)[C@H](NC(=O)N1CCc2[nH]cnc2[C@@H]1c1ccccc1Cl)C(=O)OC. The second kappa shape index (κ2) is 8.65. The molecule has 0 aliphatic carbocycles. The normalized spacial score (nSPS) is 18.1. The average Bonchev–Trinajstić information content (AvgIpc) is 3.19. The van der Waals surface area contributed by atoms with Crippen LogP contribution in [0, 0.1) is 5.92 Å². The molecule has 2 N–H and O–H groups in total. The van der Waals surface area contributed by atoms with Crippen LogP contribution in [0.2, 0.25) is 5.02 Å². The van der Waals surface area contributed by atoms with E-state index in [1.54, 1.807) is 17.3 Å². The van der Waals surface area contributed by atoms with Crippen molar-refractivity contribution in [1.29, 1.82) is 0 Å². The van der Waals surface area contributed by atoms with E-state index < -0.39 is 18.1 Å². The molecule has 1 aromatic heterocycles. The van der Waals surface area contributed by atoms with Crippen LogP contribution in [-0.2, 0) is 16.0 Å². The zero-order valence-corrected chi connectivity index (χ0v) is 17.0. The number of methoxy groups -OCH3 is 1. The van der Waals surface area contributed by atoms with Crippen LogP contribution in [0.25, 0.3) is 0 Å². The minimum Gasteiger partial charge on any atom is -0.467 e. The molecule has 0 spiro atoms. The quantitative estimate of drug-likeness (QED) is 0.748. The van der Waals surface area contributed by atoms with Crippen LogP contribution in [-0.4, -0.2) is 46.6 Å². The Morgan fingerprint density at radius 2 is 2.18 bits per heavy atom. The highest BCUT2D eigenvalue weighted by Gasteiger charge is 2.37. The molecule has 2 heterocycles. The van der Waals surface area contributed by atoms with Crippen LogP contribution in [0.5, 0.6) is 0 Å². The lowest BCUT2D eigenvalue weighted by Crippen LogP contribution is -2.53. The summed E-state index contributed by atoms with van der Waals surface area (Å²) in [5.41, 5.74) is 2.55. The van der Waals surface area contributed by atoms with Gasteiger partial charge >= 0.3 is 12.0 Å². The molecule has 8 heteroatoms. The number of ether oxygens (including phenoxy) is 1. The third-order valence-electron chi connectivity index (χ3n) is 5.33. The van der Waals surface area contributed by atoms with E-state index in [9.17, 15) is 9.59 Å². The highest BCUT2D eigenvalue weighted by Crippen LogP contribution is 2.36. The number of nitrogens with one attached hydrogen (secondary N) is 2. The predicted molar refractivity (Wildman–Crippen MR) is 106 cm³/mol. The Labute approximate surface area is 169 Å². The smallest absolute Gasteiger partial charge is 0.328 e. The molecule has 7 nitrogen and oxygen atoms in total. The first-order valence-corrected chi connectivity index (χ1v) is 9.77. The Kier molecular flexibility index (Phi) is 6.24. The second-order valence-corrected chi connectivity index (χ2v) is 7.38. The molecular formula is C20H25ClN4O3. The first-order valence-electron chi connectivity index (χ1n) is 9.39. The monoisotopic (exact) mass is 404 g/mol. The molecule has 0 bridgehead atoms. The summed E-state index contributed by atoms with van der Waals surface area (Å²) in [6.07, 6.45) is 3.01. The number of esters is 1. The number of benzene rings is 1. The molecule has 3 rings (SSSR count). The van der Waals surface area contributed by atoms with E-state index in [4.69, 9.17) is 16.3 Å². The minimum atomic E-state index is -0.713. The van der Waals surface area contributed by atoms with Gasteiger partial charge in [0.15, 0.2) is 0 Å². The third-order valence-corrected chi connectivity index (χ3v) is 5.68. The Hall–Kier alpha value is -2.54. The van der Waals surface area contributed by atoms with Crippen LogP contribution < -0.4 is 5.32 Å². The molecule has 2 aromatic rings. The molecule has 0 saturated heterocycles. The summed E-state index contributed by atoms with van der Waals surface area (Å²) in [6, 6.07) is 5.94. The van der Waals surface area contributed by atoms with E-state index in [-0.39, 0.29) is 11.9 Å². The zero-order valence-electron chi connectivity index (χ0n) is 16.2. The van der Waals surface area contributed by atoms with Gasteiger partial charge in [0.05, 0.1) is 19.1 Å². The number of amides is 2. The van der Waals surface area contributed by atoms with Gasteiger partial charge in [-0.3, -0.25) is 0 Å². The number of urea groups is 1. The fourth-order valence-electron chi connectivity index (χ4n) is 3.52. The van der Waals surface area contributed by atoms with Crippen molar-refractivity contribution in [2.75, 3.05) is 13.7 Å². The van der Waals surface area contributed by atoms with Gasteiger partial charge in [0.2, 0.25) is 0 Å². The van der Waals surface area contributed by atoms with Crippen molar-refractivity contribution in [2.45, 2.75) is 38.8 Å². The maximum atomic E-state index is 13.2. The van der Waals surface area contributed by atoms with Crippen molar-refractivity contribution < 1.29 is 14.3 Å². The molecule has 2 amide bonds. The minimum absolute atomic E-state index is 0.0547. The molecule has 0 fully saturated rings. The van der Waals surface area contributed by atoms with Gasteiger partial charge in [0.25, 0.3) is 0 Å². The van der Waals surface area contributed by atoms with Crippen LogP contribution in [0.3, 0.4) is 0 Å². The Morgan fingerprint density at radius 3 is 2.86 bits per heavy atom. The number of H-pyrrole nitrogens is 1. The first kappa shape index (κ1) is 20.2. The van der Waals surface area contributed by atoms with Crippen LogP contribution in [0.4, 0.5) is 4.79 Å². The molecule has 150 valence electrons. The van der Waals surface area contributed by atoms with E-state index in [1.165, 1.54) is 7.11 Å². The number of halogens is 1. The molecule has 0 unspecified atom stereocenters. The third kappa shape index (κ3) is 3.85. The van der Waals surface area contributed by atoms with Gasteiger partial charge in [-0.1, -0.05) is 50.1 Å². The zero-order chi connectivity index (χ0) is 20.3. The lowest BCUT2D eigenvalue weighted by Gasteiger charge is -2.36. The number of aromatic nitrogens is 2. The maximum absolute atomic E-state index is 13.2. The van der Waals surface area contributed by atoms with Gasteiger partial charge < -0.3 is 19.9 Å². The van der Waals surface area contributed by atoms with E-state index in [1.807, 2.05) is 32.0 Å². The number of hydrogen-bond donors (Lipinski definition) is 2. The van der Waals surface area contributed by atoms with Crippen molar-refractivity contribution >= 4 is 23.6 Å². The Morgan fingerprint density at radius 1 is 1.43 bits per heavy atom. The topological polar surface area (TPSA) is 87.3 Å². The number of rotatable bonds is 5. The first-order chi connectivity index (χ1) is 13.5. The number of nitrogens with zero attached hydrogens (tertiary/aromatic N) is 2. The average molecular weight is 405 g/mol. The standard InChI is InChI=1S/C20H25ClN4O3/c1-4-12(2)16(19(26)28-3)24-20(27)25-10-9-15-17(23-11-22-15)18(25)13-7-5-6-8-14(13)21/h5-8,11-12,16,18H,4,9-10H2,1-3H3,(H,22,23)(H,24,27)/t12-,16-,18-/m0/s1. The lowest BCUT2D eigenvalue weighted by molar-refractivity contribution is -0.144. The van der Waals surface area contributed by atoms with E-state index in [0.717, 1.165) is 23.4 Å². The molecular weight excluding hydrogens is 380 g/mol. The number of carbonyl (C=O) groups is 2. The molecule has 0 radical (unpaired) electrons. The van der Waals surface area contributed by atoms with Gasteiger partial charge in [-0.15, -0.1) is 0 Å². The summed E-state index contributed by atoms with van der Waals surface area (Å²) in [5, 5.41) is 3.42. The molecule has 3 atom stereocenters. The van der Waals surface area contributed by atoms with Gasteiger partial charge in [0.1, 0.15) is 12.1 Å². The van der Waals surface area contributed by atoms with Crippen molar-refractivity contribution in [2.24, 2.45) is 5.92 Å². The molecule has 28 heavy (non-hydrogen) atoms. The predicted octanol–water partition coefficient (Wildman–Crippen LogP) is 3.31. The van der Waals surface area contributed by atoms with E-state index in [2.05, 4.69) is 15.3 Å². The van der Waals surface area contributed by atoms with Crippen molar-refractivity contribution in [3.63, 3.8) is 0 Å². The van der Waals surface area contributed by atoms with E-state index >= 15 is 0 Å². The number of hydrogen-bond acceptors (Lipinski definition) is 4. The molecule has 1 aliphatic rings. The number of fused-ring (bicyclic) bond motifs is 1. The lowest BCUT2D eigenvalue weighted by atomic mass is 9.95. The summed E-state index contributed by atoms with van der Waals surface area (Å²) in [6.45, 7) is 4.36. The van der Waals surface area contributed by atoms with Gasteiger partial charge in [0, 0.05) is 23.7 Å². The van der Waals surface area contributed by atoms with Crippen molar-refractivity contribution in [1.82, 2.24) is 20.2 Å². The molecule has 0 saturated carbocycles. The number of imidazole rings is 1. The fraction of sp³-hybridized carbons (Fsp3) is 0.450. The Balaban J connectivity index is 1.94. The highest BCUT2D eigenvalue weighted by molar-refractivity contribution is 6.31. The Bertz CT molecular complexity index is 853. The number of carbonyl (C=O) groups excluding carboxylic acids is 2. The maximum Gasteiger partial charge on any atom is 0.328 e. The van der Waals surface area contributed by atoms with E-state index in [0.29, 0.717) is 18.0 Å². The molecule has 1 aromatic carbocycles. The number of aromatic amines is 1. The van der Waals surface area contributed by atoms with Crippen LogP contribution in [0.15, 0.2) is 30.6 Å². The summed E-state index contributed by atoms with van der Waals surface area (Å²) < 4.78 is 4.89. The summed E-state index contributed by atoms with van der Waals surface area (Å²) in [7, 11) is 1.33. The summed E-state index contributed by atoms with van der Waals surface area (Å²) in [5.74, 6) is -0.504. The second-order valence-electron chi connectivity index (χ2n) is 6.97. The van der Waals surface area contributed by atoms with Crippen molar-refractivity contribution in [3.8, 4) is 0 Å². The summed E-state index contributed by atoms with van der Waals surface area (Å²) >= 11 is 6.44. The van der Waals surface area contributed by atoms with Gasteiger partial charge in [-0.2, -0.15) is 0 Å². The van der Waals surface area contributed by atoms with Crippen molar-refractivity contribution in [3.05, 3.63) is 52.6 Å². The van der Waals surface area contributed by atoms with Crippen LogP contribution in [0.1, 0.15) is 43.3 Å². The fourth-order valence-corrected chi connectivity index (χ4v) is 3.76. The van der Waals surface area contributed by atoms with Gasteiger partial charge in [-0.25, -0.2) is 14.6 Å². The molecule has 1 aliphatic heterocycles. The van der Waals surface area contributed by atoms with Crippen LogP contribution >= 0.6 is 11.6 Å².